The van der Waals surface area contributed by atoms with E-state index in [0.29, 0.717) is 17.9 Å². The molecule has 28 heavy (non-hydrogen) atoms. The van der Waals surface area contributed by atoms with Crippen LogP contribution in [0.5, 0.6) is 11.5 Å². The molecule has 0 saturated carbocycles. The molecule has 1 aliphatic carbocycles. The van der Waals surface area contributed by atoms with Crippen LogP contribution in [0.1, 0.15) is 35.5 Å². The second-order valence-electron chi connectivity index (χ2n) is 6.14. The van der Waals surface area contributed by atoms with Crippen molar-refractivity contribution in [3.63, 3.8) is 0 Å². The van der Waals surface area contributed by atoms with E-state index < -0.39 is 0 Å². The number of methoxy groups -OCH3 is 2. The minimum absolute atomic E-state index is 0.0831. The molecule has 3 aromatic rings. The van der Waals surface area contributed by atoms with Crippen molar-refractivity contribution in [3.05, 3.63) is 70.9 Å². The molecule has 0 aliphatic heterocycles. The van der Waals surface area contributed by atoms with Gasteiger partial charge in [-0.15, -0.1) is 0 Å². The average molecular weight is 376 g/mol. The van der Waals surface area contributed by atoms with Gasteiger partial charge in [0.15, 0.2) is 5.78 Å². The largest absolute Gasteiger partial charge is 0.497 e. The number of nitrogens with one attached hydrogen (secondary N) is 1. The van der Waals surface area contributed by atoms with Crippen molar-refractivity contribution in [2.45, 2.75) is 20.3 Å². The maximum absolute atomic E-state index is 12.5. The Morgan fingerprint density at radius 2 is 1.68 bits per heavy atom. The van der Waals surface area contributed by atoms with Crippen LogP contribution in [0.4, 0.5) is 0 Å². The highest BCUT2D eigenvalue weighted by Gasteiger charge is 2.24. The molecule has 0 atom stereocenters. The molecule has 1 heterocycles. The van der Waals surface area contributed by atoms with Crippen molar-refractivity contribution in [3.8, 4) is 22.8 Å². The number of allylic oxidation sites excluding steroid dienone is 1. The molecule has 1 N–H and O–H groups in total. The Morgan fingerprint density at radius 3 is 2.32 bits per heavy atom. The number of H-pyrrole nitrogens is 1. The zero-order valence-electron chi connectivity index (χ0n) is 16.6. The smallest absolute Gasteiger partial charge is 0.189 e. The molecule has 0 radical (unpaired) electrons. The van der Waals surface area contributed by atoms with Crippen LogP contribution >= 0.6 is 0 Å². The number of rotatable bonds is 4. The molecule has 0 spiro atoms. The van der Waals surface area contributed by atoms with Gasteiger partial charge in [-0.25, -0.2) is 0 Å². The number of Topliss-reactive ketones (excluding diaryl/α,β-unsaturated/α-hetero) is 1. The predicted molar refractivity (Wildman–Crippen MR) is 111 cm³/mol. The minimum Gasteiger partial charge on any atom is -0.497 e. The number of fused-ring (bicyclic) bond motifs is 1. The second kappa shape index (κ2) is 8.57. The van der Waals surface area contributed by atoms with Gasteiger partial charge in [-0.3, -0.25) is 9.89 Å². The maximum Gasteiger partial charge on any atom is 0.189 e. The van der Waals surface area contributed by atoms with Crippen molar-refractivity contribution in [1.29, 1.82) is 0 Å². The Hall–Kier alpha value is -3.34. The first kappa shape index (κ1) is 19.4. The van der Waals surface area contributed by atoms with E-state index in [1.807, 2.05) is 68.5 Å². The number of benzene rings is 2. The van der Waals surface area contributed by atoms with E-state index in [-0.39, 0.29) is 5.78 Å². The van der Waals surface area contributed by atoms with Crippen molar-refractivity contribution in [2.24, 2.45) is 0 Å². The third-order valence-electron chi connectivity index (χ3n) is 4.51. The van der Waals surface area contributed by atoms with E-state index in [0.717, 1.165) is 33.7 Å². The third-order valence-corrected chi connectivity index (χ3v) is 4.51. The molecule has 0 amide bonds. The van der Waals surface area contributed by atoms with E-state index in [1.54, 1.807) is 14.2 Å². The van der Waals surface area contributed by atoms with Crippen LogP contribution in [0.15, 0.2) is 54.1 Å². The third kappa shape index (κ3) is 3.83. The summed E-state index contributed by atoms with van der Waals surface area (Å²) in [5.74, 6) is 1.48. The standard InChI is InChI=1S/C21H18N2O3.C2H6/c1-25-17-9-14(10-18(12-17)26-2)20-11-16(22-23-20)8-15-7-13-5-3-4-6-19(13)21(15)24;1-2/h3-6,8-12H,7H2,1-2H3,(H,22,23);1-2H3/b15-8+;. The Labute approximate surface area is 165 Å². The molecule has 1 aliphatic rings. The van der Waals surface area contributed by atoms with Gasteiger partial charge in [-0.05, 0) is 29.8 Å². The molecule has 0 unspecified atom stereocenters. The van der Waals surface area contributed by atoms with Gasteiger partial charge in [-0.1, -0.05) is 38.1 Å². The Morgan fingerprint density at radius 1 is 1.00 bits per heavy atom. The fourth-order valence-corrected chi connectivity index (χ4v) is 3.17. The number of nitrogens with zero attached hydrogens (tertiary/aromatic N) is 1. The summed E-state index contributed by atoms with van der Waals surface area (Å²) in [7, 11) is 3.23. The highest BCUT2D eigenvalue weighted by molar-refractivity contribution is 6.15. The zero-order chi connectivity index (χ0) is 20.1. The van der Waals surface area contributed by atoms with Crippen LogP contribution in [-0.4, -0.2) is 30.2 Å². The van der Waals surface area contributed by atoms with Gasteiger partial charge < -0.3 is 9.47 Å². The first-order valence-electron chi connectivity index (χ1n) is 9.30. The lowest BCUT2D eigenvalue weighted by molar-refractivity contribution is 0.104. The van der Waals surface area contributed by atoms with Crippen LogP contribution in [0, 0.1) is 0 Å². The number of carbonyl (C=O) groups is 1. The van der Waals surface area contributed by atoms with E-state index in [1.165, 1.54) is 0 Å². The number of ether oxygens (including phenoxy) is 2. The Balaban J connectivity index is 0.00000109. The number of hydrogen-bond donors (Lipinski definition) is 1. The maximum atomic E-state index is 12.5. The fourth-order valence-electron chi connectivity index (χ4n) is 3.17. The van der Waals surface area contributed by atoms with E-state index in [9.17, 15) is 4.79 Å². The summed E-state index contributed by atoms with van der Waals surface area (Å²) in [4.78, 5) is 12.5. The van der Waals surface area contributed by atoms with Gasteiger partial charge >= 0.3 is 0 Å². The molecule has 0 fully saturated rings. The molecular weight excluding hydrogens is 352 g/mol. The van der Waals surface area contributed by atoms with Gasteiger partial charge in [0.2, 0.25) is 0 Å². The van der Waals surface area contributed by atoms with Crippen LogP contribution < -0.4 is 9.47 Å². The lowest BCUT2D eigenvalue weighted by atomic mass is 10.1. The minimum atomic E-state index is 0.0831. The van der Waals surface area contributed by atoms with Crippen molar-refractivity contribution in [1.82, 2.24) is 10.2 Å². The number of aromatic amines is 1. The number of aromatic nitrogens is 2. The number of ketones is 1. The molecule has 1 aromatic heterocycles. The van der Waals surface area contributed by atoms with Crippen LogP contribution in [0.2, 0.25) is 0 Å². The summed E-state index contributed by atoms with van der Waals surface area (Å²) in [6, 6.07) is 15.2. The van der Waals surface area contributed by atoms with Gasteiger partial charge in [0.25, 0.3) is 0 Å². The topological polar surface area (TPSA) is 64.2 Å². The zero-order valence-corrected chi connectivity index (χ0v) is 16.6. The number of hydrogen-bond acceptors (Lipinski definition) is 4. The van der Waals surface area contributed by atoms with E-state index in [4.69, 9.17) is 9.47 Å². The first-order chi connectivity index (χ1) is 13.7. The lowest BCUT2D eigenvalue weighted by Gasteiger charge is -2.06. The van der Waals surface area contributed by atoms with Crippen molar-refractivity contribution in [2.75, 3.05) is 14.2 Å². The quantitative estimate of drug-likeness (QED) is 0.655. The summed E-state index contributed by atoms with van der Waals surface area (Å²) in [5, 5.41) is 7.35. The predicted octanol–water partition coefficient (Wildman–Crippen LogP) is 4.94. The monoisotopic (exact) mass is 376 g/mol. The van der Waals surface area contributed by atoms with Gasteiger partial charge in [0, 0.05) is 29.2 Å². The fraction of sp³-hybridized carbons (Fsp3) is 0.217. The SMILES string of the molecule is CC.COc1cc(OC)cc(-c2cc(/C=C3\Cc4ccccc4C3=O)[nH]n2)c1. The highest BCUT2D eigenvalue weighted by atomic mass is 16.5. The van der Waals surface area contributed by atoms with Crippen LogP contribution in [0.25, 0.3) is 17.3 Å². The van der Waals surface area contributed by atoms with Gasteiger partial charge in [0.1, 0.15) is 11.5 Å². The Kier molecular flexibility index (Phi) is 5.94. The van der Waals surface area contributed by atoms with Crippen molar-refractivity contribution < 1.29 is 14.3 Å². The molecule has 5 heteroatoms. The summed E-state index contributed by atoms with van der Waals surface area (Å²) in [5.41, 5.74) is 5.06. The lowest BCUT2D eigenvalue weighted by Crippen LogP contribution is -1.94. The summed E-state index contributed by atoms with van der Waals surface area (Å²) in [6.07, 6.45) is 2.52. The average Bonchev–Trinajstić information content (AvgIpc) is 3.34. The van der Waals surface area contributed by atoms with Crippen molar-refractivity contribution >= 4 is 11.9 Å². The van der Waals surface area contributed by atoms with Gasteiger partial charge in [0.05, 0.1) is 25.6 Å². The highest BCUT2D eigenvalue weighted by Crippen LogP contribution is 2.30. The normalized spacial score (nSPS) is 13.7. The molecule has 144 valence electrons. The molecule has 2 aromatic carbocycles. The first-order valence-corrected chi connectivity index (χ1v) is 9.30. The summed E-state index contributed by atoms with van der Waals surface area (Å²) >= 11 is 0. The molecule has 0 saturated heterocycles. The summed E-state index contributed by atoms with van der Waals surface area (Å²) in [6.45, 7) is 4.00. The van der Waals surface area contributed by atoms with E-state index in [2.05, 4.69) is 10.2 Å². The molecule has 5 nitrogen and oxygen atoms in total. The summed E-state index contributed by atoms with van der Waals surface area (Å²) < 4.78 is 10.6. The van der Waals surface area contributed by atoms with E-state index >= 15 is 0 Å². The molecular formula is C23H24N2O3. The molecule has 0 bridgehead atoms. The number of carbonyl (C=O) groups excluding carboxylic acids is 1. The van der Waals surface area contributed by atoms with Crippen LogP contribution in [-0.2, 0) is 6.42 Å². The van der Waals surface area contributed by atoms with Crippen LogP contribution in [0.3, 0.4) is 0 Å². The Bertz CT molecular complexity index is 996. The van der Waals surface area contributed by atoms with Gasteiger partial charge in [-0.2, -0.15) is 5.10 Å². The second-order valence-corrected chi connectivity index (χ2v) is 6.14. The molecule has 4 rings (SSSR count).